The molecular formula is C17H28N2O3. The van der Waals surface area contributed by atoms with Crippen molar-refractivity contribution in [2.45, 2.75) is 38.3 Å². The van der Waals surface area contributed by atoms with E-state index < -0.39 is 0 Å². The van der Waals surface area contributed by atoms with Crippen LogP contribution in [-0.4, -0.2) is 45.4 Å². The molecule has 0 aromatic heterocycles. The molecule has 0 aliphatic carbocycles. The summed E-state index contributed by atoms with van der Waals surface area (Å²) in [5, 5.41) is 0. The number of likely N-dealkylation sites (tertiary alicyclic amines) is 1. The van der Waals surface area contributed by atoms with Crippen molar-refractivity contribution in [3.05, 3.63) is 17.7 Å². The number of rotatable bonds is 7. The van der Waals surface area contributed by atoms with Crippen molar-refractivity contribution in [2.75, 3.05) is 34.4 Å². The smallest absolute Gasteiger partial charge is 0.164 e. The predicted molar refractivity (Wildman–Crippen MR) is 87.8 cm³/mol. The molecule has 1 fully saturated rings. The quantitative estimate of drug-likeness (QED) is 0.838. The zero-order valence-corrected chi connectivity index (χ0v) is 13.9. The van der Waals surface area contributed by atoms with Crippen molar-refractivity contribution >= 4 is 0 Å². The van der Waals surface area contributed by atoms with E-state index in [9.17, 15) is 0 Å². The van der Waals surface area contributed by atoms with E-state index in [1.165, 1.54) is 19.3 Å². The summed E-state index contributed by atoms with van der Waals surface area (Å²) in [7, 11) is 4.99. The summed E-state index contributed by atoms with van der Waals surface area (Å²) in [4.78, 5) is 2.51. The lowest BCUT2D eigenvalue weighted by Gasteiger charge is -2.36. The van der Waals surface area contributed by atoms with Gasteiger partial charge >= 0.3 is 0 Å². The van der Waals surface area contributed by atoms with Crippen LogP contribution in [0.5, 0.6) is 17.2 Å². The van der Waals surface area contributed by atoms with E-state index in [2.05, 4.69) is 4.90 Å². The Morgan fingerprint density at radius 2 is 1.73 bits per heavy atom. The zero-order chi connectivity index (χ0) is 15.9. The highest BCUT2D eigenvalue weighted by Gasteiger charge is 2.23. The Labute approximate surface area is 133 Å². The highest BCUT2D eigenvalue weighted by molar-refractivity contribution is 5.50. The Balaban J connectivity index is 2.22. The normalized spacial score (nSPS) is 19.0. The van der Waals surface area contributed by atoms with Crippen molar-refractivity contribution in [1.82, 2.24) is 4.90 Å². The van der Waals surface area contributed by atoms with Crippen LogP contribution in [0.3, 0.4) is 0 Å². The molecular weight excluding hydrogens is 280 g/mol. The van der Waals surface area contributed by atoms with Crippen molar-refractivity contribution in [2.24, 2.45) is 5.73 Å². The molecule has 1 aromatic rings. The van der Waals surface area contributed by atoms with Crippen LogP contribution in [0.1, 0.15) is 31.2 Å². The lowest BCUT2D eigenvalue weighted by molar-refractivity contribution is 0.132. The summed E-state index contributed by atoms with van der Waals surface area (Å²) in [6.07, 6.45) is 4.82. The van der Waals surface area contributed by atoms with Gasteiger partial charge in [0.2, 0.25) is 0 Å². The van der Waals surface area contributed by atoms with E-state index in [0.717, 1.165) is 43.1 Å². The van der Waals surface area contributed by atoms with Gasteiger partial charge in [-0.05, 0) is 38.4 Å². The van der Waals surface area contributed by atoms with Crippen molar-refractivity contribution in [3.63, 3.8) is 0 Å². The van der Waals surface area contributed by atoms with E-state index in [4.69, 9.17) is 19.9 Å². The Hall–Kier alpha value is -1.46. The second kappa shape index (κ2) is 8.25. The van der Waals surface area contributed by atoms with Crippen molar-refractivity contribution in [3.8, 4) is 17.2 Å². The molecule has 5 heteroatoms. The number of methoxy groups -OCH3 is 3. The van der Waals surface area contributed by atoms with Gasteiger partial charge in [-0.2, -0.15) is 0 Å². The molecule has 1 heterocycles. The van der Waals surface area contributed by atoms with Crippen LogP contribution < -0.4 is 19.9 Å². The van der Waals surface area contributed by atoms with Gasteiger partial charge in [-0.3, -0.25) is 4.90 Å². The van der Waals surface area contributed by atoms with E-state index in [1.54, 1.807) is 21.3 Å². The largest absolute Gasteiger partial charge is 0.496 e. The maximum Gasteiger partial charge on any atom is 0.164 e. The molecule has 1 saturated heterocycles. The van der Waals surface area contributed by atoms with E-state index in [0.29, 0.717) is 11.8 Å². The molecule has 1 aliphatic rings. The molecule has 5 nitrogen and oxygen atoms in total. The Kier molecular flexibility index (Phi) is 6.34. The van der Waals surface area contributed by atoms with Crippen LogP contribution >= 0.6 is 0 Å². The molecule has 0 radical (unpaired) electrons. The van der Waals surface area contributed by atoms with Gasteiger partial charge < -0.3 is 19.9 Å². The molecule has 0 saturated carbocycles. The van der Waals surface area contributed by atoms with Gasteiger partial charge in [-0.15, -0.1) is 0 Å². The van der Waals surface area contributed by atoms with Gasteiger partial charge in [0.05, 0.1) is 21.3 Å². The van der Waals surface area contributed by atoms with Gasteiger partial charge in [-0.25, -0.2) is 0 Å². The first-order chi connectivity index (χ1) is 10.7. The molecule has 0 amide bonds. The van der Waals surface area contributed by atoms with Crippen molar-refractivity contribution in [1.29, 1.82) is 0 Å². The minimum absolute atomic E-state index is 0.566. The fourth-order valence-corrected chi connectivity index (χ4v) is 3.22. The van der Waals surface area contributed by atoms with Crippen LogP contribution in [-0.2, 0) is 6.54 Å². The molecule has 1 unspecified atom stereocenters. The van der Waals surface area contributed by atoms with Gasteiger partial charge in [0.15, 0.2) is 11.5 Å². The first kappa shape index (κ1) is 16.9. The standard InChI is InChI=1S/C17H28N2O3/c1-20-15-11-17(22-3)16(21-2)10-13(15)12-19-9-5-4-6-14(19)7-8-18/h10-11,14H,4-9,12,18H2,1-3H3. The molecule has 1 aliphatic heterocycles. The second-order valence-corrected chi connectivity index (χ2v) is 5.72. The van der Waals surface area contributed by atoms with Crippen LogP contribution in [0, 0.1) is 0 Å². The summed E-state index contributed by atoms with van der Waals surface area (Å²) >= 11 is 0. The van der Waals surface area contributed by atoms with E-state index >= 15 is 0 Å². The SMILES string of the molecule is COc1cc(OC)c(OC)cc1CN1CCCCC1CCN. The first-order valence-corrected chi connectivity index (χ1v) is 7.96. The summed E-state index contributed by atoms with van der Waals surface area (Å²) in [6.45, 7) is 2.71. The monoisotopic (exact) mass is 308 g/mol. The highest BCUT2D eigenvalue weighted by atomic mass is 16.5. The van der Waals surface area contributed by atoms with Crippen molar-refractivity contribution < 1.29 is 14.2 Å². The lowest BCUT2D eigenvalue weighted by Crippen LogP contribution is -2.40. The molecule has 124 valence electrons. The Bertz CT molecular complexity index is 477. The number of nitrogens with zero attached hydrogens (tertiary/aromatic N) is 1. The molecule has 0 bridgehead atoms. The molecule has 22 heavy (non-hydrogen) atoms. The summed E-state index contributed by atoms with van der Waals surface area (Å²) in [6, 6.07) is 4.48. The first-order valence-electron chi connectivity index (χ1n) is 7.96. The number of piperidine rings is 1. The maximum atomic E-state index is 5.77. The third-order valence-corrected chi connectivity index (χ3v) is 4.41. The van der Waals surface area contributed by atoms with Crippen LogP contribution in [0.15, 0.2) is 12.1 Å². The predicted octanol–water partition coefficient (Wildman–Crippen LogP) is 2.42. The van der Waals surface area contributed by atoms with Gasteiger partial charge in [0.1, 0.15) is 5.75 Å². The van der Waals surface area contributed by atoms with Gasteiger partial charge in [-0.1, -0.05) is 6.42 Å². The van der Waals surface area contributed by atoms with Gasteiger partial charge in [0.25, 0.3) is 0 Å². The van der Waals surface area contributed by atoms with E-state index in [-0.39, 0.29) is 0 Å². The van der Waals surface area contributed by atoms with Gasteiger partial charge in [0, 0.05) is 24.2 Å². The number of ether oxygens (including phenoxy) is 3. The number of benzene rings is 1. The fraction of sp³-hybridized carbons (Fsp3) is 0.647. The average Bonchev–Trinajstić information content (AvgIpc) is 2.56. The molecule has 1 aromatic carbocycles. The molecule has 1 atom stereocenters. The summed E-state index contributed by atoms with van der Waals surface area (Å²) in [5.74, 6) is 2.28. The highest BCUT2D eigenvalue weighted by Crippen LogP contribution is 2.36. The average molecular weight is 308 g/mol. The summed E-state index contributed by atoms with van der Waals surface area (Å²) < 4.78 is 16.3. The summed E-state index contributed by atoms with van der Waals surface area (Å²) in [5.41, 5.74) is 6.90. The second-order valence-electron chi connectivity index (χ2n) is 5.72. The molecule has 0 spiro atoms. The van der Waals surface area contributed by atoms with Crippen LogP contribution in [0.2, 0.25) is 0 Å². The maximum absolute atomic E-state index is 5.77. The molecule has 2 N–H and O–H groups in total. The third-order valence-electron chi connectivity index (χ3n) is 4.41. The minimum Gasteiger partial charge on any atom is -0.496 e. The minimum atomic E-state index is 0.566. The fourth-order valence-electron chi connectivity index (χ4n) is 3.22. The Morgan fingerprint density at radius 3 is 2.36 bits per heavy atom. The number of nitrogens with two attached hydrogens (primary N) is 1. The van der Waals surface area contributed by atoms with E-state index in [1.807, 2.05) is 12.1 Å². The van der Waals surface area contributed by atoms with Crippen LogP contribution in [0.25, 0.3) is 0 Å². The number of hydrogen-bond donors (Lipinski definition) is 1. The Morgan fingerprint density at radius 1 is 1.05 bits per heavy atom. The topological polar surface area (TPSA) is 57.0 Å². The lowest BCUT2D eigenvalue weighted by atomic mass is 9.98. The molecule has 2 rings (SSSR count). The zero-order valence-electron chi connectivity index (χ0n) is 13.9. The number of hydrogen-bond acceptors (Lipinski definition) is 5. The van der Waals surface area contributed by atoms with Crippen LogP contribution in [0.4, 0.5) is 0 Å². The third kappa shape index (κ3) is 3.84.